The van der Waals surface area contributed by atoms with E-state index in [0.29, 0.717) is 53.0 Å². The van der Waals surface area contributed by atoms with E-state index in [9.17, 15) is 22.4 Å². The van der Waals surface area contributed by atoms with Crippen LogP contribution in [0.4, 0.5) is 9.39 Å². The molecule has 1 unspecified atom stereocenters. The molecule has 0 spiro atoms. The van der Waals surface area contributed by atoms with Crippen molar-refractivity contribution in [2.24, 2.45) is 17.3 Å². The van der Waals surface area contributed by atoms with Crippen LogP contribution in [0.3, 0.4) is 0 Å². The average molecular weight is 625 g/mol. The molecule has 1 atom stereocenters. The maximum absolute atomic E-state index is 14.1. The van der Waals surface area contributed by atoms with E-state index in [0.717, 1.165) is 36.1 Å². The molecule has 1 N–H and O–H groups in total. The third-order valence-corrected chi connectivity index (χ3v) is 12.5. The molecule has 2 heterocycles. The molecule has 0 saturated carbocycles. The van der Waals surface area contributed by atoms with Crippen LogP contribution in [0.15, 0.2) is 41.3 Å². The van der Waals surface area contributed by atoms with Crippen molar-refractivity contribution in [1.29, 1.82) is 0 Å². The number of sulfonamides is 1. The zero-order valence-corrected chi connectivity index (χ0v) is 27.5. The second-order valence-electron chi connectivity index (χ2n) is 13.3. The lowest BCUT2D eigenvalue weighted by molar-refractivity contribution is 0.102. The molecule has 2 aromatic carbocycles. The first-order valence-corrected chi connectivity index (χ1v) is 17.3. The van der Waals surface area contributed by atoms with Crippen LogP contribution in [0.2, 0.25) is 0 Å². The van der Waals surface area contributed by atoms with Crippen LogP contribution in [0.1, 0.15) is 94.8 Å². The number of carbonyl (C=O) groups is 2. The van der Waals surface area contributed by atoms with E-state index in [1.54, 1.807) is 26.0 Å². The highest BCUT2D eigenvalue weighted by molar-refractivity contribution is 7.89. The fourth-order valence-electron chi connectivity index (χ4n) is 6.19. The predicted octanol–water partition coefficient (Wildman–Crippen LogP) is 7.56. The predicted molar refractivity (Wildman–Crippen MR) is 170 cm³/mol. The lowest BCUT2D eigenvalue weighted by Crippen LogP contribution is -2.38. The summed E-state index contributed by atoms with van der Waals surface area (Å²) in [7, 11) is -3.79. The molecule has 1 aliphatic carbocycles. The van der Waals surface area contributed by atoms with Crippen LogP contribution in [0.5, 0.6) is 0 Å². The molecule has 5 rings (SSSR count). The van der Waals surface area contributed by atoms with E-state index >= 15 is 0 Å². The molecule has 0 radical (unpaired) electrons. The van der Waals surface area contributed by atoms with Crippen LogP contribution < -0.4 is 5.32 Å². The highest BCUT2D eigenvalue weighted by Crippen LogP contribution is 2.45. The van der Waals surface area contributed by atoms with E-state index < -0.39 is 21.7 Å². The molecule has 1 aliphatic heterocycles. The van der Waals surface area contributed by atoms with Gasteiger partial charge in [-0.05, 0) is 104 Å². The maximum atomic E-state index is 14.1. The van der Waals surface area contributed by atoms with Crippen molar-refractivity contribution in [2.75, 3.05) is 18.4 Å². The van der Waals surface area contributed by atoms with Gasteiger partial charge in [-0.25, -0.2) is 12.8 Å². The number of nitrogens with one attached hydrogen (secondary N) is 1. The van der Waals surface area contributed by atoms with Gasteiger partial charge in [0.15, 0.2) is 5.78 Å². The summed E-state index contributed by atoms with van der Waals surface area (Å²) >= 11 is 1.40. The number of halogens is 1. The van der Waals surface area contributed by atoms with Gasteiger partial charge in [-0.1, -0.05) is 39.8 Å². The van der Waals surface area contributed by atoms with Gasteiger partial charge in [-0.3, -0.25) is 9.59 Å². The number of hydrogen-bond acceptors (Lipinski definition) is 5. The summed E-state index contributed by atoms with van der Waals surface area (Å²) in [5.41, 5.74) is 3.18. The minimum absolute atomic E-state index is 0.0888. The van der Waals surface area contributed by atoms with Gasteiger partial charge in [0.05, 0.1) is 10.5 Å². The monoisotopic (exact) mass is 624 g/mol. The van der Waals surface area contributed by atoms with Crippen molar-refractivity contribution >= 4 is 38.1 Å². The van der Waals surface area contributed by atoms with Gasteiger partial charge in [0.25, 0.3) is 5.91 Å². The Balaban J connectivity index is 1.52. The van der Waals surface area contributed by atoms with Crippen molar-refractivity contribution in [2.45, 2.75) is 78.5 Å². The Morgan fingerprint density at radius 3 is 2.37 bits per heavy atom. The quantitative estimate of drug-likeness (QED) is 0.287. The van der Waals surface area contributed by atoms with Crippen LogP contribution in [-0.2, 0) is 22.9 Å². The summed E-state index contributed by atoms with van der Waals surface area (Å²) in [6.45, 7) is 13.3. The summed E-state index contributed by atoms with van der Waals surface area (Å²) in [5.74, 6) is -0.411. The van der Waals surface area contributed by atoms with E-state index in [1.807, 2.05) is 0 Å². The lowest BCUT2D eigenvalue weighted by Gasteiger charge is -2.33. The normalized spacial score (nSPS) is 18.3. The number of hydrogen-bond donors (Lipinski definition) is 1. The molecule has 2 aliphatic rings. The van der Waals surface area contributed by atoms with Crippen molar-refractivity contribution in [3.63, 3.8) is 0 Å². The van der Waals surface area contributed by atoms with Gasteiger partial charge in [0, 0.05) is 29.1 Å². The average Bonchev–Trinajstić information content (AvgIpc) is 3.30. The van der Waals surface area contributed by atoms with Crippen LogP contribution in [-0.4, -0.2) is 37.5 Å². The number of ketones is 1. The summed E-state index contributed by atoms with van der Waals surface area (Å²) in [4.78, 5) is 28.8. The molecule has 43 heavy (non-hydrogen) atoms. The minimum Gasteiger partial charge on any atom is -0.313 e. The molecular formula is C34H41FN2O4S2. The van der Waals surface area contributed by atoms with Gasteiger partial charge < -0.3 is 5.32 Å². The topological polar surface area (TPSA) is 83.5 Å². The number of carbonyl (C=O) groups excluding carboxylic acids is 2. The SMILES string of the molecule is Cc1cc(C(=O)Nc2sc3c(c2C(=O)c2cccc(F)c2)CCC(C(C)(C)C)C3)cc(S(=O)(=O)N2CCC(C)CC2)c1C. The molecule has 6 nitrogen and oxygen atoms in total. The smallest absolute Gasteiger partial charge is 0.256 e. The van der Waals surface area contributed by atoms with Gasteiger partial charge in [-0.15, -0.1) is 11.3 Å². The number of nitrogens with zero attached hydrogens (tertiary/aromatic N) is 1. The van der Waals surface area contributed by atoms with Gasteiger partial charge in [0.2, 0.25) is 10.0 Å². The van der Waals surface area contributed by atoms with Crippen molar-refractivity contribution < 1.29 is 22.4 Å². The van der Waals surface area contributed by atoms with E-state index in [-0.39, 0.29) is 27.2 Å². The Bertz CT molecular complexity index is 1680. The Labute approximate surface area is 258 Å². The molecule has 1 saturated heterocycles. The third-order valence-electron chi connectivity index (χ3n) is 9.27. The Hall–Kier alpha value is -2.88. The molecule has 3 aromatic rings. The Morgan fingerprint density at radius 1 is 1.02 bits per heavy atom. The molecule has 1 fully saturated rings. The number of fused-ring (bicyclic) bond motifs is 1. The second kappa shape index (κ2) is 11.9. The number of anilines is 1. The number of rotatable bonds is 6. The number of amides is 1. The highest BCUT2D eigenvalue weighted by atomic mass is 32.2. The first-order chi connectivity index (χ1) is 20.2. The molecule has 230 valence electrons. The largest absolute Gasteiger partial charge is 0.313 e. The zero-order valence-electron chi connectivity index (χ0n) is 25.8. The summed E-state index contributed by atoms with van der Waals surface area (Å²) in [6.07, 6.45) is 4.01. The fourth-order valence-corrected chi connectivity index (χ4v) is 9.31. The van der Waals surface area contributed by atoms with Crippen LogP contribution in [0, 0.1) is 36.9 Å². The van der Waals surface area contributed by atoms with Gasteiger partial charge >= 0.3 is 0 Å². The van der Waals surface area contributed by atoms with Gasteiger partial charge in [-0.2, -0.15) is 4.31 Å². The second-order valence-corrected chi connectivity index (χ2v) is 16.3. The number of aryl methyl sites for hydroxylation is 1. The molecule has 1 amide bonds. The van der Waals surface area contributed by atoms with Crippen molar-refractivity contribution in [3.8, 4) is 0 Å². The van der Waals surface area contributed by atoms with Crippen molar-refractivity contribution in [1.82, 2.24) is 4.31 Å². The zero-order chi connectivity index (χ0) is 31.3. The standard InChI is InChI=1S/C34H41FN2O4S2/c1-20-12-14-37(15-13-20)43(40,41)29-18-24(16-21(2)22(29)3)32(39)36-33-30(31(38)23-8-7-9-26(35)17-23)27-11-10-25(34(4,5)6)19-28(27)42-33/h7-9,16-18,20,25H,10-15,19H2,1-6H3,(H,36,39). The van der Waals surface area contributed by atoms with E-state index in [2.05, 4.69) is 33.0 Å². The summed E-state index contributed by atoms with van der Waals surface area (Å²) in [5, 5.41) is 3.39. The Morgan fingerprint density at radius 2 is 1.72 bits per heavy atom. The first kappa shape index (κ1) is 31.5. The van der Waals surface area contributed by atoms with Crippen molar-refractivity contribution in [3.05, 3.63) is 80.5 Å². The van der Waals surface area contributed by atoms with Crippen LogP contribution in [0.25, 0.3) is 0 Å². The maximum Gasteiger partial charge on any atom is 0.256 e. The minimum atomic E-state index is -3.79. The van der Waals surface area contributed by atoms with E-state index in [4.69, 9.17) is 0 Å². The first-order valence-electron chi connectivity index (χ1n) is 15.0. The molecule has 9 heteroatoms. The van der Waals surface area contributed by atoms with Gasteiger partial charge in [0.1, 0.15) is 10.8 Å². The number of thiophene rings is 1. The third kappa shape index (κ3) is 6.35. The molecule has 0 bridgehead atoms. The molecular weight excluding hydrogens is 584 g/mol. The Kier molecular flexibility index (Phi) is 8.73. The number of benzene rings is 2. The fraction of sp³-hybridized carbons (Fsp3) is 0.471. The highest BCUT2D eigenvalue weighted by Gasteiger charge is 2.35. The molecule has 1 aromatic heterocycles. The summed E-state index contributed by atoms with van der Waals surface area (Å²) < 4.78 is 43.0. The summed E-state index contributed by atoms with van der Waals surface area (Å²) in [6, 6.07) is 8.77. The number of piperidine rings is 1. The van der Waals surface area contributed by atoms with Crippen LogP contribution >= 0.6 is 11.3 Å². The van der Waals surface area contributed by atoms with E-state index in [1.165, 1.54) is 39.9 Å². The lowest BCUT2D eigenvalue weighted by atomic mass is 9.72.